The van der Waals surface area contributed by atoms with Crippen molar-refractivity contribution in [3.63, 3.8) is 0 Å². The molecule has 1 aromatic heterocycles. The molecule has 3 aromatic rings. The van der Waals surface area contributed by atoms with Gasteiger partial charge in [-0.15, -0.1) is 0 Å². The molecule has 0 aliphatic heterocycles. The molecule has 0 radical (unpaired) electrons. The zero-order chi connectivity index (χ0) is 21.7. The summed E-state index contributed by atoms with van der Waals surface area (Å²) in [6, 6.07) is 11.8. The molecule has 0 aliphatic rings. The number of nitrogens with zero attached hydrogens (tertiary/aromatic N) is 2. The molecule has 1 amide bonds. The Hall–Kier alpha value is -4.01. The monoisotopic (exact) mass is 410 g/mol. The molecule has 0 spiro atoms. The van der Waals surface area contributed by atoms with Crippen molar-refractivity contribution >= 4 is 11.6 Å². The van der Waals surface area contributed by atoms with Crippen LogP contribution in [0.15, 0.2) is 47.6 Å². The van der Waals surface area contributed by atoms with E-state index in [2.05, 4.69) is 20.7 Å². The van der Waals surface area contributed by atoms with E-state index in [1.165, 1.54) is 13.2 Å². The summed E-state index contributed by atoms with van der Waals surface area (Å²) in [5.41, 5.74) is 5.31. The standard InChI is InChI=1S/C21H22N4O5/c1-12(13-5-7-17(26)19(9-13)29-3)22-25-21(27)16-11-15(23-24-16)14-6-8-18(28-2)20(10-14)30-4/h5-11,26H,1-4H3,(H,23,24)(H,25,27)/b22-12+. The number of ether oxygens (including phenoxy) is 3. The molecule has 3 N–H and O–H groups in total. The maximum atomic E-state index is 12.4. The van der Waals surface area contributed by atoms with E-state index in [1.807, 2.05) is 6.07 Å². The van der Waals surface area contributed by atoms with Gasteiger partial charge in [0.05, 0.1) is 32.7 Å². The van der Waals surface area contributed by atoms with Gasteiger partial charge in [0.15, 0.2) is 23.0 Å². The molecular weight excluding hydrogens is 388 g/mol. The lowest BCUT2D eigenvalue weighted by molar-refractivity contribution is 0.0950. The van der Waals surface area contributed by atoms with Crippen molar-refractivity contribution in [1.82, 2.24) is 15.6 Å². The topological polar surface area (TPSA) is 118 Å². The van der Waals surface area contributed by atoms with Crippen LogP contribution in [0.25, 0.3) is 11.3 Å². The van der Waals surface area contributed by atoms with Gasteiger partial charge in [-0.2, -0.15) is 10.2 Å². The minimum absolute atomic E-state index is 0.0261. The highest BCUT2D eigenvalue weighted by molar-refractivity contribution is 6.01. The number of carbonyl (C=O) groups is 1. The Bertz CT molecular complexity index is 1090. The molecule has 0 atom stereocenters. The molecule has 0 aliphatic carbocycles. The Balaban J connectivity index is 1.74. The molecule has 0 saturated heterocycles. The number of nitrogens with one attached hydrogen (secondary N) is 2. The predicted octanol–water partition coefficient (Wildman–Crippen LogP) is 2.96. The molecule has 3 rings (SSSR count). The molecule has 30 heavy (non-hydrogen) atoms. The van der Waals surface area contributed by atoms with Gasteiger partial charge in [-0.1, -0.05) is 0 Å². The van der Waals surface area contributed by atoms with E-state index in [9.17, 15) is 9.90 Å². The fourth-order valence-corrected chi connectivity index (χ4v) is 2.74. The normalized spacial score (nSPS) is 11.1. The van der Waals surface area contributed by atoms with Gasteiger partial charge in [0.1, 0.15) is 5.69 Å². The number of H-pyrrole nitrogens is 1. The molecule has 2 aromatic carbocycles. The third-order valence-corrected chi connectivity index (χ3v) is 4.42. The van der Waals surface area contributed by atoms with Crippen LogP contribution in [0, 0.1) is 0 Å². The third-order valence-electron chi connectivity index (χ3n) is 4.42. The van der Waals surface area contributed by atoms with E-state index < -0.39 is 5.91 Å². The van der Waals surface area contributed by atoms with Gasteiger partial charge in [0, 0.05) is 11.1 Å². The third kappa shape index (κ3) is 4.35. The first-order chi connectivity index (χ1) is 14.5. The highest BCUT2D eigenvalue weighted by atomic mass is 16.5. The molecular formula is C21H22N4O5. The molecule has 0 saturated carbocycles. The summed E-state index contributed by atoms with van der Waals surface area (Å²) < 4.78 is 15.6. The fraction of sp³-hybridized carbons (Fsp3) is 0.190. The molecule has 0 fully saturated rings. The first-order valence-corrected chi connectivity index (χ1v) is 8.96. The Kier molecular flexibility index (Phi) is 6.21. The Morgan fingerprint density at radius 3 is 2.43 bits per heavy atom. The number of benzene rings is 2. The van der Waals surface area contributed by atoms with E-state index in [-0.39, 0.29) is 11.4 Å². The number of hydrogen-bond acceptors (Lipinski definition) is 7. The van der Waals surface area contributed by atoms with Crippen LogP contribution < -0.4 is 19.6 Å². The average molecular weight is 410 g/mol. The van der Waals surface area contributed by atoms with Gasteiger partial charge >= 0.3 is 0 Å². The second kappa shape index (κ2) is 8.99. The Morgan fingerprint density at radius 1 is 1.00 bits per heavy atom. The highest BCUT2D eigenvalue weighted by Crippen LogP contribution is 2.31. The SMILES string of the molecule is COc1cc(/C(C)=N/NC(=O)c2cc(-c3ccc(OC)c(OC)c3)n[nH]2)ccc1O. The number of amides is 1. The minimum Gasteiger partial charge on any atom is -0.504 e. The van der Waals surface area contributed by atoms with E-state index in [4.69, 9.17) is 14.2 Å². The first-order valence-electron chi connectivity index (χ1n) is 8.96. The number of hydrogen-bond donors (Lipinski definition) is 3. The predicted molar refractivity (Wildman–Crippen MR) is 111 cm³/mol. The summed E-state index contributed by atoms with van der Waals surface area (Å²) in [6.07, 6.45) is 0. The number of methoxy groups -OCH3 is 3. The number of phenolic OH excluding ortho intramolecular Hbond substituents is 1. The smallest absolute Gasteiger partial charge is 0.289 e. The average Bonchev–Trinajstić information content (AvgIpc) is 3.27. The van der Waals surface area contributed by atoms with Crippen LogP contribution in [0.2, 0.25) is 0 Å². The van der Waals surface area contributed by atoms with Crippen molar-refractivity contribution in [2.75, 3.05) is 21.3 Å². The molecule has 1 heterocycles. The van der Waals surface area contributed by atoms with E-state index in [1.54, 1.807) is 51.5 Å². The largest absolute Gasteiger partial charge is 0.504 e. The van der Waals surface area contributed by atoms with Crippen molar-refractivity contribution in [2.45, 2.75) is 6.92 Å². The van der Waals surface area contributed by atoms with Gasteiger partial charge in [-0.3, -0.25) is 9.89 Å². The van der Waals surface area contributed by atoms with Crippen LogP contribution in [-0.4, -0.2) is 48.3 Å². The molecule has 0 unspecified atom stereocenters. The summed E-state index contributed by atoms with van der Waals surface area (Å²) in [5.74, 6) is 1.07. The maximum absolute atomic E-state index is 12.4. The lowest BCUT2D eigenvalue weighted by Crippen LogP contribution is -2.19. The van der Waals surface area contributed by atoms with Crippen molar-refractivity contribution in [3.05, 3.63) is 53.7 Å². The van der Waals surface area contributed by atoms with Crippen LogP contribution in [0.3, 0.4) is 0 Å². The lowest BCUT2D eigenvalue weighted by atomic mass is 10.1. The summed E-state index contributed by atoms with van der Waals surface area (Å²) in [4.78, 5) is 12.4. The quantitative estimate of drug-likeness (QED) is 0.407. The van der Waals surface area contributed by atoms with Crippen molar-refractivity contribution in [3.8, 4) is 34.3 Å². The zero-order valence-corrected chi connectivity index (χ0v) is 17.0. The van der Waals surface area contributed by atoms with Gasteiger partial charge in [-0.05, 0) is 49.4 Å². The van der Waals surface area contributed by atoms with Crippen LogP contribution in [0.5, 0.6) is 23.0 Å². The highest BCUT2D eigenvalue weighted by Gasteiger charge is 2.13. The summed E-state index contributed by atoms with van der Waals surface area (Å²) in [7, 11) is 4.57. The lowest BCUT2D eigenvalue weighted by Gasteiger charge is -2.08. The minimum atomic E-state index is -0.445. The van der Waals surface area contributed by atoms with Crippen molar-refractivity contribution < 1.29 is 24.1 Å². The molecule has 156 valence electrons. The molecule has 0 bridgehead atoms. The van der Waals surface area contributed by atoms with Crippen LogP contribution in [-0.2, 0) is 0 Å². The van der Waals surface area contributed by atoms with Crippen LogP contribution in [0.1, 0.15) is 23.0 Å². The van der Waals surface area contributed by atoms with Gasteiger partial charge < -0.3 is 19.3 Å². The number of phenols is 1. The first kappa shape index (κ1) is 20.7. The number of hydrazone groups is 1. The zero-order valence-electron chi connectivity index (χ0n) is 17.0. The Morgan fingerprint density at radius 2 is 1.73 bits per heavy atom. The molecule has 9 heteroatoms. The molecule has 9 nitrogen and oxygen atoms in total. The van der Waals surface area contributed by atoms with Gasteiger partial charge in [0.25, 0.3) is 5.91 Å². The van der Waals surface area contributed by atoms with Gasteiger partial charge in [0.2, 0.25) is 0 Å². The summed E-state index contributed by atoms with van der Waals surface area (Å²) in [6.45, 7) is 1.73. The van der Waals surface area contributed by atoms with Crippen molar-refractivity contribution in [2.24, 2.45) is 5.10 Å². The number of rotatable bonds is 7. The number of carbonyl (C=O) groups excluding carboxylic acids is 1. The summed E-state index contributed by atoms with van der Waals surface area (Å²) >= 11 is 0. The van der Waals surface area contributed by atoms with E-state index in [0.29, 0.717) is 34.2 Å². The van der Waals surface area contributed by atoms with E-state index in [0.717, 1.165) is 5.56 Å². The van der Waals surface area contributed by atoms with Gasteiger partial charge in [-0.25, -0.2) is 5.43 Å². The number of aromatic nitrogens is 2. The van der Waals surface area contributed by atoms with Crippen LogP contribution in [0.4, 0.5) is 0 Å². The van der Waals surface area contributed by atoms with E-state index >= 15 is 0 Å². The second-order valence-corrected chi connectivity index (χ2v) is 6.26. The summed E-state index contributed by atoms with van der Waals surface area (Å²) in [5, 5.41) is 20.7. The fourth-order valence-electron chi connectivity index (χ4n) is 2.74. The maximum Gasteiger partial charge on any atom is 0.289 e. The van der Waals surface area contributed by atoms with Crippen molar-refractivity contribution in [1.29, 1.82) is 0 Å². The van der Waals surface area contributed by atoms with Crippen LogP contribution >= 0.6 is 0 Å². The number of aromatic hydroxyl groups is 1. The second-order valence-electron chi connectivity index (χ2n) is 6.26. The number of aromatic amines is 1. The Labute approximate surface area is 173 Å².